The molecule has 0 spiro atoms. The number of anilines is 1. The van der Waals surface area contributed by atoms with Gasteiger partial charge in [-0.15, -0.1) is 0 Å². The van der Waals surface area contributed by atoms with E-state index in [1.807, 2.05) is 52.0 Å². The first-order valence-corrected chi connectivity index (χ1v) is 12.4. The summed E-state index contributed by atoms with van der Waals surface area (Å²) in [5.74, 6) is 0.608. The van der Waals surface area contributed by atoms with Gasteiger partial charge in [-0.3, -0.25) is 9.59 Å². The summed E-state index contributed by atoms with van der Waals surface area (Å²) in [4.78, 5) is 27.6. The Morgan fingerprint density at radius 3 is 2.57 bits per heavy atom. The van der Waals surface area contributed by atoms with Crippen molar-refractivity contribution in [2.45, 2.75) is 40.5 Å². The monoisotopic (exact) mass is 497 g/mol. The number of hydrogen-bond donors (Lipinski definition) is 2. The molecule has 1 aliphatic heterocycles. The lowest BCUT2D eigenvalue weighted by Gasteiger charge is -2.28. The molecular formula is C27H35N3O4S. The van der Waals surface area contributed by atoms with Gasteiger partial charge in [-0.05, 0) is 68.2 Å². The van der Waals surface area contributed by atoms with Crippen molar-refractivity contribution in [3.63, 3.8) is 0 Å². The number of morpholine rings is 1. The molecule has 0 bridgehead atoms. The van der Waals surface area contributed by atoms with Crippen LogP contribution < -0.4 is 15.4 Å². The summed E-state index contributed by atoms with van der Waals surface area (Å²) in [6.45, 7) is 10.5. The van der Waals surface area contributed by atoms with Crippen molar-refractivity contribution >= 4 is 34.8 Å². The third-order valence-electron chi connectivity index (χ3n) is 6.09. The number of carbonyl (C=O) groups excluding carboxylic acids is 2. The lowest BCUT2D eigenvalue weighted by molar-refractivity contribution is -0.128. The number of rotatable bonds is 8. The maximum atomic E-state index is 13.0. The topological polar surface area (TPSA) is 79.9 Å². The third kappa shape index (κ3) is 7.50. The molecule has 1 saturated heterocycles. The SMILES string of the molecule is Cc1ccc(C)c(OCCCC(C)(C)C(=O)NC(=S)Nc2ccccc2C(=O)N2CCOCC2)c1. The molecule has 35 heavy (non-hydrogen) atoms. The largest absolute Gasteiger partial charge is 0.493 e. The lowest BCUT2D eigenvalue weighted by atomic mass is 9.87. The van der Waals surface area contributed by atoms with Crippen molar-refractivity contribution in [1.29, 1.82) is 0 Å². The Hall–Kier alpha value is -2.97. The lowest BCUT2D eigenvalue weighted by Crippen LogP contribution is -2.43. The summed E-state index contributed by atoms with van der Waals surface area (Å²) in [7, 11) is 0. The van der Waals surface area contributed by atoms with Gasteiger partial charge in [0.1, 0.15) is 5.75 Å². The number of benzene rings is 2. The smallest absolute Gasteiger partial charge is 0.256 e. The van der Waals surface area contributed by atoms with Crippen LogP contribution in [0, 0.1) is 19.3 Å². The van der Waals surface area contributed by atoms with Gasteiger partial charge in [-0.1, -0.05) is 38.1 Å². The van der Waals surface area contributed by atoms with Gasteiger partial charge in [0.2, 0.25) is 5.91 Å². The molecule has 0 atom stereocenters. The van der Waals surface area contributed by atoms with Crippen LogP contribution in [0.2, 0.25) is 0 Å². The summed E-state index contributed by atoms with van der Waals surface area (Å²) < 4.78 is 11.3. The highest BCUT2D eigenvalue weighted by Crippen LogP contribution is 2.25. The number of amides is 2. The molecule has 2 N–H and O–H groups in total. The van der Waals surface area contributed by atoms with Crippen molar-refractivity contribution < 1.29 is 19.1 Å². The van der Waals surface area contributed by atoms with Crippen molar-refractivity contribution in [2.75, 3.05) is 38.2 Å². The first kappa shape index (κ1) is 26.6. The van der Waals surface area contributed by atoms with Gasteiger partial charge < -0.3 is 25.0 Å². The molecular weight excluding hydrogens is 462 g/mol. The van der Waals surface area contributed by atoms with Gasteiger partial charge in [0.15, 0.2) is 5.11 Å². The maximum absolute atomic E-state index is 13.0. The minimum atomic E-state index is -0.639. The quantitative estimate of drug-likeness (QED) is 0.414. The summed E-state index contributed by atoms with van der Waals surface area (Å²) >= 11 is 5.40. The molecule has 0 saturated carbocycles. The van der Waals surface area contributed by atoms with Crippen molar-refractivity contribution in [1.82, 2.24) is 10.2 Å². The first-order valence-electron chi connectivity index (χ1n) is 12.0. The fourth-order valence-corrected chi connectivity index (χ4v) is 4.02. The predicted molar refractivity (Wildman–Crippen MR) is 142 cm³/mol. The normalized spacial score (nSPS) is 13.8. The highest BCUT2D eigenvalue weighted by atomic mass is 32.1. The zero-order valence-corrected chi connectivity index (χ0v) is 21.8. The van der Waals surface area contributed by atoms with E-state index in [1.165, 1.54) is 0 Å². The minimum absolute atomic E-state index is 0.0882. The molecule has 8 heteroatoms. The van der Waals surface area contributed by atoms with Gasteiger partial charge in [-0.25, -0.2) is 0 Å². The zero-order chi connectivity index (χ0) is 25.4. The summed E-state index contributed by atoms with van der Waals surface area (Å²) in [6, 6.07) is 13.3. The van der Waals surface area contributed by atoms with Crippen LogP contribution in [0.3, 0.4) is 0 Å². The van der Waals surface area contributed by atoms with Gasteiger partial charge in [-0.2, -0.15) is 0 Å². The Morgan fingerprint density at radius 2 is 1.83 bits per heavy atom. The van der Waals surface area contributed by atoms with Crippen LogP contribution in [-0.2, 0) is 9.53 Å². The van der Waals surface area contributed by atoms with Crippen molar-refractivity contribution in [3.8, 4) is 5.75 Å². The van der Waals surface area contributed by atoms with E-state index in [2.05, 4.69) is 16.7 Å². The molecule has 2 aromatic rings. The average molecular weight is 498 g/mol. The number of para-hydroxylation sites is 1. The summed E-state index contributed by atoms with van der Waals surface area (Å²) in [5.41, 5.74) is 2.68. The van der Waals surface area contributed by atoms with Gasteiger partial charge in [0.25, 0.3) is 5.91 Å². The van der Waals surface area contributed by atoms with Crippen LogP contribution in [0.15, 0.2) is 42.5 Å². The van der Waals surface area contributed by atoms with Crippen LogP contribution in [0.5, 0.6) is 5.75 Å². The fourth-order valence-electron chi connectivity index (χ4n) is 3.81. The van der Waals surface area contributed by atoms with E-state index < -0.39 is 5.41 Å². The molecule has 0 unspecified atom stereocenters. The van der Waals surface area contributed by atoms with Crippen molar-refractivity contribution in [2.24, 2.45) is 5.41 Å². The average Bonchev–Trinajstić information content (AvgIpc) is 2.84. The minimum Gasteiger partial charge on any atom is -0.493 e. The van der Waals surface area contributed by atoms with Crippen LogP contribution in [0.25, 0.3) is 0 Å². The summed E-state index contributed by atoms with van der Waals surface area (Å²) in [6.07, 6.45) is 1.36. The predicted octanol–water partition coefficient (Wildman–Crippen LogP) is 4.47. The molecule has 1 aliphatic rings. The van der Waals surface area contributed by atoms with Crippen LogP contribution >= 0.6 is 12.2 Å². The van der Waals surface area contributed by atoms with Gasteiger partial charge >= 0.3 is 0 Å². The second kappa shape index (κ2) is 12.1. The number of nitrogens with one attached hydrogen (secondary N) is 2. The third-order valence-corrected chi connectivity index (χ3v) is 6.30. The first-order chi connectivity index (χ1) is 16.7. The number of thiocarbonyl (C=S) groups is 1. The number of ether oxygens (including phenoxy) is 2. The maximum Gasteiger partial charge on any atom is 0.256 e. The van der Waals surface area contributed by atoms with E-state index in [-0.39, 0.29) is 16.9 Å². The molecule has 0 aromatic heterocycles. The van der Waals surface area contributed by atoms with E-state index in [9.17, 15) is 9.59 Å². The van der Waals surface area contributed by atoms with E-state index >= 15 is 0 Å². The molecule has 2 aromatic carbocycles. The van der Waals surface area contributed by atoms with Gasteiger partial charge in [0, 0.05) is 18.5 Å². The fraction of sp³-hybridized carbons (Fsp3) is 0.444. The van der Waals surface area contributed by atoms with E-state index in [0.29, 0.717) is 50.6 Å². The number of nitrogens with zero attached hydrogens (tertiary/aromatic N) is 1. The number of aryl methyl sites for hydroxylation is 2. The molecule has 0 radical (unpaired) electrons. The van der Waals surface area contributed by atoms with E-state index in [4.69, 9.17) is 21.7 Å². The van der Waals surface area contributed by atoms with E-state index in [0.717, 1.165) is 23.3 Å². The van der Waals surface area contributed by atoms with Crippen LogP contribution in [-0.4, -0.2) is 54.7 Å². The molecule has 7 nitrogen and oxygen atoms in total. The Labute approximate surface area is 213 Å². The Bertz CT molecular complexity index is 1060. The Kier molecular flexibility index (Phi) is 9.23. The number of carbonyl (C=O) groups is 2. The van der Waals surface area contributed by atoms with Crippen molar-refractivity contribution in [3.05, 3.63) is 59.2 Å². The molecule has 1 heterocycles. The molecule has 0 aliphatic carbocycles. The Balaban J connectivity index is 1.51. The standard InChI is InChI=1S/C27H35N3O4S/c1-19-10-11-20(2)23(18-19)34-15-7-12-27(3,4)25(32)29-26(35)28-22-9-6-5-8-21(22)24(31)30-13-16-33-17-14-30/h5-6,8-11,18H,7,12-17H2,1-4H3,(H2,28,29,32,35). The summed E-state index contributed by atoms with van der Waals surface area (Å²) in [5, 5.41) is 5.98. The van der Waals surface area contributed by atoms with Crippen LogP contribution in [0.4, 0.5) is 5.69 Å². The zero-order valence-electron chi connectivity index (χ0n) is 21.0. The molecule has 1 fully saturated rings. The van der Waals surface area contributed by atoms with Crippen LogP contribution in [0.1, 0.15) is 48.2 Å². The van der Waals surface area contributed by atoms with E-state index in [1.54, 1.807) is 17.0 Å². The molecule has 2 amide bonds. The highest BCUT2D eigenvalue weighted by molar-refractivity contribution is 7.80. The Morgan fingerprint density at radius 1 is 1.11 bits per heavy atom. The second-order valence-corrected chi connectivity index (χ2v) is 9.87. The second-order valence-electron chi connectivity index (χ2n) is 9.46. The van der Waals surface area contributed by atoms with Gasteiger partial charge in [0.05, 0.1) is 31.1 Å². The highest BCUT2D eigenvalue weighted by Gasteiger charge is 2.28. The molecule has 188 valence electrons. The number of hydrogen-bond acceptors (Lipinski definition) is 5. The molecule has 3 rings (SSSR count).